The van der Waals surface area contributed by atoms with E-state index in [1.165, 1.54) is 6.07 Å². The van der Waals surface area contributed by atoms with Crippen molar-refractivity contribution in [2.24, 2.45) is 0 Å². The normalized spacial score (nSPS) is 10.1. The topological polar surface area (TPSA) is 9.23 Å². The Morgan fingerprint density at radius 3 is 2.73 bits per heavy atom. The summed E-state index contributed by atoms with van der Waals surface area (Å²) in [5.74, 6) is 2.47. The number of ether oxygens (including phenoxy) is 1. The molecule has 0 saturated heterocycles. The van der Waals surface area contributed by atoms with Crippen LogP contribution in [0.2, 0.25) is 5.02 Å². The Kier molecular flexibility index (Phi) is 4.38. The quantitative estimate of drug-likeness (QED) is 0.720. The minimum absolute atomic E-state index is 0.0175. The van der Waals surface area contributed by atoms with Crippen LogP contribution in [-0.2, 0) is 6.42 Å². The minimum Gasteiger partial charge on any atom is -0.433 e. The van der Waals surface area contributed by atoms with Crippen molar-refractivity contribution in [3.05, 3.63) is 28.8 Å². The third-order valence-electron chi connectivity index (χ3n) is 1.77. The Labute approximate surface area is 92.0 Å². The summed E-state index contributed by atoms with van der Waals surface area (Å²) in [5, 5.41) is 0.171. The van der Waals surface area contributed by atoms with Gasteiger partial charge in [-0.25, -0.2) is 0 Å². The zero-order valence-electron chi connectivity index (χ0n) is 7.84. The molecule has 0 aromatic heterocycles. The van der Waals surface area contributed by atoms with E-state index in [-0.39, 0.29) is 10.8 Å². The maximum Gasteiger partial charge on any atom is 0.387 e. The lowest BCUT2D eigenvalue weighted by Gasteiger charge is -2.07. The molecule has 80 valence electrons. The van der Waals surface area contributed by atoms with E-state index in [1.807, 2.05) is 0 Å². The highest BCUT2D eigenvalue weighted by atomic mass is 35.5. The predicted molar refractivity (Wildman–Crippen MR) is 55.2 cm³/mol. The zero-order chi connectivity index (χ0) is 11.3. The van der Waals surface area contributed by atoms with Gasteiger partial charge < -0.3 is 4.74 Å². The van der Waals surface area contributed by atoms with Crippen molar-refractivity contribution < 1.29 is 13.5 Å². The molecule has 0 heterocycles. The number of alkyl halides is 2. The molecule has 0 N–H and O–H groups in total. The fourth-order valence-electron chi connectivity index (χ4n) is 1.11. The van der Waals surface area contributed by atoms with Crippen LogP contribution in [0.5, 0.6) is 5.75 Å². The van der Waals surface area contributed by atoms with E-state index >= 15 is 0 Å². The van der Waals surface area contributed by atoms with E-state index in [9.17, 15) is 8.78 Å². The first kappa shape index (κ1) is 11.8. The first-order chi connectivity index (χ1) is 7.13. The third kappa shape index (κ3) is 3.77. The molecular formula is C11H9ClF2O. The largest absolute Gasteiger partial charge is 0.433 e. The third-order valence-corrected chi connectivity index (χ3v) is 2.07. The molecule has 0 radical (unpaired) electrons. The molecule has 0 aliphatic heterocycles. The first-order valence-corrected chi connectivity index (χ1v) is 4.68. The SMILES string of the molecule is C#CCCc1ccc(OC(F)F)c(Cl)c1. The summed E-state index contributed by atoms with van der Waals surface area (Å²) in [6.07, 6.45) is 6.36. The summed E-state index contributed by atoms with van der Waals surface area (Å²) < 4.78 is 28.0. The molecule has 0 atom stereocenters. The minimum atomic E-state index is -2.86. The van der Waals surface area contributed by atoms with Crippen LogP contribution in [0.3, 0.4) is 0 Å². The fraction of sp³-hybridized carbons (Fsp3) is 0.273. The molecule has 0 bridgehead atoms. The molecule has 1 aromatic carbocycles. The van der Waals surface area contributed by atoms with Crippen molar-refractivity contribution in [3.8, 4) is 18.1 Å². The highest BCUT2D eigenvalue weighted by Gasteiger charge is 2.08. The van der Waals surface area contributed by atoms with Gasteiger partial charge >= 0.3 is 6.61 Å². The molecule has 0 amide bonds. The molecule has 0 saturated carbocycles. The van der Waals surface area contributed by atoms with Gasteiger partial charge in [-0.05, 0) is 24.1 Å². The van der Waals surface area contributed by atoms with Crippen molar-refractivity contribution in [2.75, 3.05) is 0 Å². The Hall–Kier alpha value is -1.27. The van der Waals surface area contributed by atoms with E-state index in [0.717, 1.165) is 5.56 Å². The maximum absolute atomic E-state index is 11.9. The van der Waals surface area contributed by atoms with Crippen LogP contribution in [0.1, 0.15) is 12.0 Å². The van der Waals surface area contributed by atoms with Gasteiger partial charge in [-0.2, -0.15) is 8.78 Å². The molecule has 1 rings (SSSR count). The van der Waals surface area contributed by atoms with Gasteiger partial charge in [0.15, 0.2) is 0 Å². The van der Waals surface area contributed by atoms with E-state index in [0.29, 0.717) is 12.8 Å². The van der Waals surface area contributed by atoms with Gasteiger partial charge in [0.2, 0.25) is 0 Å². The number of hydrogen-bond donors (Lipinski definition) is 0. The molecule has 0 fully saturated rings. The Balaban J connectivity index is 2.75. The van der Waals surface area contributed by atoms with Crippen LogP contribution in [-0.4, -0.2) is 6.61 Å². The van der Waals surface area contributed by atoms with Crippen LogP contribution < -0.4 is 4.74 Å². The number of hydrogen-bond acceptors (Lipinski definition) is 1. The van der Waals surface area contributed by atoms with E-state index < -0.39 is 6.61 Å². The Bertz CT molecular complexity index is 371. The van der Waals surface area contributed by atoms with Crippen LogP contribution >= 0.6 is 11.6 Å². The summed E-state index contributed by atoms with van der Waals surface area (Å²) in [5.41, 5.74) is 0.902. The molecule has 1 nitrogen and oxygen atoms in total. The smallest absolute Gasteiger partial charge is 0.387 e. The van der Waals surface area contributed by atoms with Gasteiger partial charge in [0.05, 0.1) is 5.02 Å². The van der Waals surface area contributed by atoms with Gasteiger partial charge in [0, 0.05) is 6.42 Å². The molecule has 0 unspecified atom stereocenters. The summed E-state index contributed by atoms with van der Waals surface area (Å²) in [6, 6.07) is 4.66. The number of terminal acetylenes is 1. The van der Waals surface area contributed by atoms with E-state index in [1.54, 1.807) is 12.1 Å². The van der Waals surface area contributed by atoms with Crippen molar-refractivity contribution >= 4 is 11.6 Å². The first-order valence-electron chi connectivity index (χ1n) is 4.30. The lowest BCUT2D eigenvalue weighted by atomic mass is 10.1. The van der Waals surface area contributed by atoms with Crippen LogP contribution in [0.15, 0.2) is 18.2 Å². The lowest BCUT2D eigenvalue weighted by Crippen LogP contribution is -2.02. The Morgan fingerprint density at radius 2 is 2.20 bits per heavy atom. The zero-order valence-corrected chi connectivity index (χ0v) is 8.60. The molecule has 4 heteroatoms. The van der Waals surface area contributed by atoms with Crippen LogP contribution in [0, 0.1) is 12.3 Å². The Morgan fingerprint density at radius 1 is 1.47 bits per heavy atom. The summed E-state index contributed by atoms with van der Waals surface area (Å²) >= 11 is 5.74. The molecule has 1 aromatic rings. The second-order valence-corrected chi connectivity index (χ2v) is 3.25. The molecule has 0 aliphatic rings. The average molecular weight is 231 g/mol. The lowest BCUT2D eigenvalue weighted by molar-refractivity contribution is -0.0497. The van der Waals surface area contributed by atoms with Gasteiger partial charge in [-0.3, -0.25) is 0 Å². The fourth-order valence-corrected chi connectivity index (χ4v) is 1.36. The highest BCUT2D eigenvalue weighted by molar-refractivity contribution is 6.32. The molecule has 0 spiro atoms. The standard InChI is InChI=1S/C11H9ClF2O/c1-2-3-4-8-5-6-10(9(12)7-8)15-11(13)14/h1,5-7,11H,3-4H2. The van der Waals surface area contributed by atoms with Crippen molar-refractivity contribution in [1.29, 1.82) is 0 Å². The molecule has 0 aliphatic carbocycles. The average Bonchev–Trinajstić information content (AvgIpc) is 2.18. The van der Waals surface area contributed by atoms with Crippen molar-refractivity contribution in [1.82, 2.24) is 0 Å². The number of aryl methyl sites for hydroxylation is 1. The van der Waals surface area contributed by atoms with Crippen LogP contribution in [0.4, 0.5) is 8.78 Å². The van der Waals surface area contributed by atoms with E-state index in [2.05, 4.69) is 10.7 Å². The maximum atomic E-state index is 11.9. The van der Waals surface area contributed by atoms with Gasteiger partial charge in [-0.1, -0.05) is 17.7 Å². The van der Waals surface area contributed by atoms with Gasteiger partial charge in [0.25, 0.3) is 0 Å². The van der Waals surface area contributed by atoms with Gasteiger partial charge in [0.1, 0.15) is 5.75 Å². The van der Waals surface area contributed by atoms with Crippen molar-refractivity contribution in [2.45, 2.75) is 19.5 Å². The summed E-state index contributed by atoms with van der Waals surface area (Å²) in [6.45, 7) is -2.86. The summed E-state index contributed by atoms with van der Waals surface area (Å²) in [4.78, 5) is 0. The second-order valence-electron chi connectivity index (χ2n) is 2.85. The number of halogens is 3. The molecule has 15 heavy (non-hydrogen) atoms. The second kappa shape index (κ2) is 5.57. The number of benzene rings is 1. The monoisotopic (exact) mass is 230 g/mol. The molecular weight excluding hydrogens is 222 g/mol. The highest BCUT2D eigenvalue weighted by Crippen LogP contribution is 2.27. The predicted octanol–water partition coefficient (Wildman–Crippen LogP) is 3.51. The van der Waals surface area contributed by atoms with Crippen molar-refractivity contribution in [3.63, 3.8) is 0 Å². The van der Waals surface area contributed by atoms with Gasteiger partial charge in [-0.15, -0.1) is 12.3 Å². The van der Waals surface area contributed by atoms with E-state index in [4.69, 9.17) is 18.0 Å². The number of rotatable bonds is 4. The summed E-state index contributed by atoms with van der Waals surface area (Å²) in [7, 11) is 0. The van der Waals surface area contributed by atoms with Crippen LogP contribution in [0.25, 0.3) is 0 Å².